The second-order valence-electron chi connectivity index (χ2n) is 6.54. The fraction of sp³-hybridized carbons (Fsp3) is 0.400. The molecule has 0 aromatic heterocycles. The number of carbonyl (C=O) groups excluding carboxylic acids is 2. The van der Waals surface area contributed by atoms with E-state index in [9.17, 15) is 14.0 Å². The Morgan fingerprint density at radius 3 is 2.44 bits per heavy atom. The van der Waals surface area contributed by atoms with E-state index in [1.165, 1.54) is 19.2 Å². The molecule has 1 amide bonds. The first-order valence-electron chi connectivity index (χ1n) is 8.63. The SMILES string of the molecule is COC(=O)C1=C(C)/C(=C\c2ccc(F)cc2)C(=O)N1C1CCCCC1. The summed E-state index contributed by atoms with van der Waals surface area (Å²) >= 11 is 0. The molecule has 2 aliphatic rings. The lowest BCUT2D eigenvalue weighted by Gasteiger charge is -2.32. The van der Waals surface area contributed by atoms with E-state index in [0.29, 0.717) is 16.8 Å². The first-order valence-corrected chi connectivity index (χ1v) is 8.63. The minimum Gasteiger partial charge on any atom is -0.464 e. The van der Waals surface area contributed by atoms with Gasteiger partial charge in [0, 0.05) is 11.6 Å². The molecule has 0 unspecified atom stereocenters. The molecule has 25 heavy (non-hydrogen) atoms. The van der Waals surface area contributed by atoms with Crippen LogP contribution in [0.15, 0.2) is 41.1 Å². The molecule has 4 nitrogen and oxygen atoms in total. The quantitative estimate of drug-likeness (QED) is 0.619. The molecule has 1 aromatic carbocycles. The third kappa shape index (κ3) is 3.36. The van der Waals surface area contributed by atoms with Gasteiger partial charge in [0.15, 0.2) is 0 Å². The number of methoxy groups -OCH3 is 1. The Morgan fingerprint density at radius 2 is 1.84 bits per heavy atom. The number of hydrogen-bond donors (Lipinski definition) is 0. The number of rotatable bonds is 3. The van der Waals surface area contributed by atoms with Gasteiger partial charge in [0.25, 0.3) is 5.91 Å². The van der Waals surface area contributed by atoms with Crippen molar-refractivity contribution in [2.45, 2.75) is 45.1 Å². The number of carbonyl (C=O) groups is 2. The summed E-state index contributed by atoms with van der Waals surface area (Å²) in [5.74, 6) is -0.987. The van der Waals surface area contributed by atoms with E-state index in [2.05, 4.69) is 0 Å². The van der Waals surface area contributed by atoms with Gasteiger partial charge in [-0.15, -0.1) is 0 Å². The molecule has 5 heteroatoms. The minimum atomic E-state index is -0.487. The summed E-state index contributed by atoms with van der Waals surface area (Å²) in [6.45, 7) is 1.77. The minimum absolute atomic E-state index is 0.0319. The largest absolute Gasteiger partial charge is 0.464 e. The van der Waals surface area contributed by atoms with Crippen LogP contribution in [0.2, 0.25) is 0 Å². The highest BCUT2D eigenvalue weighted by Crippen LogP contribution is 2.36. The van der Waals surface area contributed by atoms with Crippen molar-refractivity contribution >= 4 is 18.0 Å². The second-order valence-corrected chi connectivity index (χ2v) is 6.54. The first-order chi connectivity index (χ1) is 12.0. The Balaban J connectivity index is 2.01. The molecule has 0 radical (unpaired) electrons. The molecule has 1 aromatic rings. The second kappa shape index (κ2) is 7.21. The number of halogens is 1. The Labute approximate surface area is 147 Å². The van der Waals surface area contributed by atoms with E-state index < -0.39 is 5.97 Å². The van der Waals surface area contributed by atoms with E-state index in [1.54, 1.807) is 30.0 Å². The maximum atomic E-state index is 13.1. The van der Waals surface area contributed by atoms with Crippen LogP contribution in [0.5, 0.6) is 0 Å². The maximum Gasteiger partial charge on any atom is 0.355 e. The van der Waals surface area contributed by atoms with Crippen LogP contribution in [-0.4, -0.2) is 29.9 Å². The smallest absolute Gasteiger partial charge is 0.355 e. The average molecular weight is 343 g/mol. The zero-order valence-electron chi connectivity index (χ0n) is 14.5. The molecule has 1 aliphatic heterocycles. The monoisotopic (exact) mass is 343 g/mol. The van der Waals surface area contributed by atoms with Gasteiger partial charge in [-0.3, -0.25) is 9.69 Å². The van der Waals surface area contributed by atoms with Crippen molar-refractivity contribution in [1.82, 2.24) is 4.90 Å². The van der Waals surface area contributed by atoms with Gasteiger partial charge in [-0.25, -0.2) is 9.18 Å². The molecule has 1 saturated carbocycles. The van der Waals surface area contributed by atoms with E-state index in [4.69, 9.17) is 4.74 Å². The van der Waals surface area contributed by atoms with Crippen LogP contribution < -0.4 is 0 Å². The summed E-state index contributed by atoms with van der Waals surface area (Å²) in [6.07, 6.45) is 6.76. The average Bonchev–Trinajstić information content (AvgIpc) is 2.88. The van der Waals surface area contributed by atoms with E-state index in [-0.39, 0.29) is 17.8 Å². The fourth-order valence-electron chi connectivity index (χ4n) is 3.63. The molecular formula is C20H22FNO3. The topological polar surface area (TPSA) is 46.6 Å². The van der Waals surface area contributed by atoms with Crippen molar-refractivity contribution in [3.8, 4) is 0 Å². The molecule has 1 fully saturated rings. The third-order valence-corrected chi connectivity index (χ3v) is 4.95. The highest BCUT2D eigenvalue weighted by atomic mass is 19.1. The molecule has 1 aliphatic carbocycles. The number of nitrogens with zero attached hydrogens (tertiary/aromatic N) is 1. The van der Waals surface area contributed by atoms with Gasteiger partial charge in [0.05, 0.1) is 7.11 Å². The number of amides is 1. The molecule has 0 bridgehead atoms. The van der Waals surface area contributed by atoms with Gasteiger partial charge in [-0.2, -0.15) is 0 Å². The zero-order chi connectivity index (χ0) is 18.0. The highest BCUT2D eigenvalue weighted by molar-refractivity contribution is 6.12. The Morgan fingerprint density at radius 1 is 1.20 bits per heavy atom. The van der Waals surface area contributed by atoms with Gasteiger partial charge in [0.1, 0.15) is 11.5 Å². The van der Waals surface area contributed by atoms with Crippen molar-refractivity contribution in [1.29, 1.82) is 0 Å². The van der Waals surface area contributed by atoms with Crippen LogP contribution in [0.4, 0.5) is 4.39 Å². The Bertz CT molecular complexity index is 743. The zero-order valence-corrected chi connectivity index (χ0v) is 14.5. The normalized spacial score (nSPS) is 20.5. The van der Waals surface area contributed by atoms with Gasteiger partial charge >= 0.3 is 5.97 Å². The van der Waals surface area contributed by atoms with Crippen molar-refractivity contribution in [3.63, 3.8) is 0 Å². The first kappa shape index (κ1) is 17.4. The number of esters is 1. The predicted octanol–water partition coefficient (Wildman–Crippen LogP) is 3.83. The summed E-state index contributed by atoms with van der Waals surface area (Å²) in [5, 5.41) is 0. The number of benzene rings is 1. The van der Waals surface area contributed by atoms with Crippen molar-refractivity contribution in [2.75, 3.05) is 7.11 Å². The standard InChI is InChI=1S/C20H22FNO3/c1-13-17(12-14-8-10-15(21)11-9-14)19(23)22(18(13)20(24)25-2)16-6-4-3-5-7-16/h8-12,16H,3-7H2,1-2H3/b17-12+. The van der Waals surface area contributed by atoms with E-state index >= 15 is 0 Å². The molecule has 3 rings (SSSR count). The maximum absolute atomic E-state index is 13.1. The number of ether oxygens (including phenoxy) is 1. The van der Waals surface area contributed by atoms with Crippen LogP contribution in [0.1, 0.15) is 44.6 Å². The summed E-state index contributed by atoms with van der Waals surface area (Å²) in [4.78, 5) is 27.0. The van der Waals surface area contributed by atoms with Gasteiger partial charge in [-0.05, 0) is 49.1 Å². The predicted molar refractivity (Wildman–Crippen MR) is 92.8 cm³/mol. The van der Waals surface area contributed by atoms with Gasteiger partial charge in [-0.1, -0.05) is 31.4 Å². The van der Waals surface area contributed by atoms with Crippen LogP contribution >= 0.6 is 0 Å². The van der Waals surface area contributed by atoms with E-state index in [1.807, 2.05) is 0 Å². The van der Waals surface area contributed by atoms with Gasteiger partial charge < -0.3 is 4.74 Å². The molecule has 0 saturated heterocycles. The summed E-state index contributed by atoms with van der Waals surface area (Å²) < 4.78 is 18.0. The lowest BCUT2D eigenvalue weighted by atomic mass is 9.94. The summed E-state index contributed by atoms with van der Waals surface area (Å²) in [6, 6.07) is 5.97. The molecular weight excluding hydrogens is 321 g/mol. The molecule has 132 valence electrons. The Hall–Kier alpha value is -2.43. The van der Waals surface area contributed by atoms with Crippen molar-refractivity contribution < 1.29 is 18.7 Å². The molecule has 1 heterocycles. The number of hydrogen-bond acceptors (Lipinski definition) is 3. The van der Waals surface area contributed by atoms with E-state index in [0.717, 1.165) is 37.7 Å². The van der Waals surface area contributed by atoms with Gasteiger partial charge in [0.2, 0.25) is 0 Å². The third-order valence-electron chi connectivity index (χ3n) is 4.95. The van der Waals surface area contributed by atoms with Crippen LogP contribution in [0.3, 0.4) is 0 Å². The fourth-order valence-corrected chi connectivity index (χ4v) is 3.63. The molecule has 0 atom stereocenters. The van der Waals surface area contributed by atoms with Crippen molar-refractivity contribution in [2.24, 2.45) is 0 Å². The van der Waals surface area contributed by atoms with Crippen LogP contribution in [0, 0.1) is 5.82 Å². The van der Waals surface area contributed by atoms with Crippen molar-refractivity contribution in [3.05, 3.63) is 52.5 Å². The highest BCUT2D eigenvalue weighted by Gasteiger charge is 2.41. The molecule has 0 N–H and O–H groups in total. The molecule has 0 spiro atoms. The lowest BCUT2D eigenvalue weighted by molar-refractivity contribution is -0.141. The van der Waals surface area contributed by atoms with Crippen LogP contribution in [-0.2, 0) is 14.3 Å². The summed E-state index contributed by atoms with van der Waals surface area (Å²) in [5.41, 5.74) is 2.15. The lowest BCUT2D eigenvalue weighted by Crippen LogP contribution is -2.40. The Kier molecular flexibility index (Phi) is 5.02. The van der Waals surface area contributed by atoms with Crippen LogP contribution in [0.25, 0.3) is 6.08 Å². The summed E-state index contributed by atoms with van der Waals surface area (Å²) in [7, 11) is 1.33.